The Bertz CT molecular complexity index is 2420. The molecular formula is C38H23NS. The minimum atomic E-state index is 1.18. The van der Waals surface area contributed by atoms with Crippen LogP contribution in [0.1, 0.15) is 0 Å². The van der Waals surface area contributed by atoms with Crippen molar-refractivity contribution < 1.29 is 0 Å². The van der Waals surface area contributed by atoms with Gasteiger partial charge in [-0.05, 0) is 87.3 Å². The van der Waals surface area contributed by atoms with Gasteiger partial charge in [-0.15, -0.1) is 11.3 Å². The number of hydrogen-bond acceptors (Lipinski definition) is 1. The molecule has 9 aromatic rings. The molecule has 2 heterocycles. The maximum absolute atomic E-state index is 2.43. The number of para-hydroxylation sites is 2. The van der Waals surface area contributed by atoms with Gasteiger partial charge in [0.05, 0.1) is 11.0 Å². The predicted octanol–water partition coefficient (Wildman–Crippen LogP) is 11.1. The molecule has 0 spiro atoms. The Balaban J connectivity index is 1.39. The first-order valence-electron chi connectivity index (χ1n) is 13.7. The lowest BCUT2D eigenvalue weighted by molar-refractivity contribution is 1.18. The van der Waals surface area contributed by atoms with Crippen LogP contribution in [0.3, 0.4) is 0 Å². The summed E-state index contributed by atoms with van der Waals surface area (Å²) in [4.78, 5) is 0. The summed E-state index contributed by atoms with van der Waals surface area (Å²) in [5.41, 5.74) is 6.18. The Kier molecular flexibility index (Phi) is 4.55. The van der Waals surface area contributed by atoms with E-state index in [4.69, 9.17) is 0 Å². The zero-order valence-electron chi connectivity index (χ0n) is 21.6. The Morgan fingerprint density at radius 1 is 0.400 bits per heavy atom. The van der Waals surface area contributed by atoms with Crippen molar-refractivity contribution in [3.8, 4) is 16.8 Å². The van der Waals surface area contributed by atoms with Crippen LogP contribution in [0.25, 0.3) is 80.3 Å². The zero-order chi connectivity index (χ0) is 26.2. The molecule has 0 aliphatic carbocycles. The molecule has 9 rings (SSSR count). The molecule has 7 aromatic carbocycles. The summed E-state index contributed by atoms with van der Waals surface area (Å²) in [6.45, 7) is 0. The van der Waals surface area contributed by atoms with E-state index in [1.807, 2.05) is 11.3 Å². The van der Waals surface area contributed by atoms with E-state index in [0.29, 0.717) is 0 Å². The highest BCUT2D eigenvalue weighted by Crippen LogP contribution is 2.43. The van der Waals surface area contributed by atoms with Crippen LogP contribution in [0.2, 0.25) is 0 Å². The highest BCUT2D eigenvalue weighted by molar-refractivity contribution is 7.25. The second-order valence-electron chi connectivity index (χ2n) is 10.6. The van der Waals surface area contributed by atoms with Gasteiger partial charge in [-0.25, -0.2) is 0 Å². The number of hydrogen-bond donors (Lipinski definition) is 0. The van der Waals surface area contributed by atoms with Crippen molar-refractivity contribution in [2.45, 2.75) is 0 Å². The highest BCUT2D eigenvalue weighted by atomic mass is 32.1. The van der Waals surface area contributed by atoms with Crippen molar-refractivity contribution in [2.24, 2.45) is 0 Å². The number of rotatable bonds is 2. The van der Waals surface area contributed by atoms with Crippen LogP contribution in [0.5, 0.6) is 0 Å². The number of benzene rings is 7. The number of nitrogens with zero attached hydrogens (tertiary/aromatic N) is 1. The second kappa shape index (κ2) is 8.29. The van der Waals surface area contributed by atoms with Crippen molar-refractivity contribution in [3.63, 3.8) is 0 Å². The van der Waals surface area contributed by atoms with E-state index in [1.165, 1.54) is 80.3 Å². The average molecular weight is 526 g/mol. The maximum atomic E-state index is 2.43. The molecule has 0 saturated heterocycles. The van der Waals surface area contributed by atoms with Crippen molar-refractivity contribution in [1.29, 1.82) is 0 Å². The maximum Gasteiger partial charge on any atom is 0.0541 e. The number of aromatic nitrogens is 1. The largest absolute Gasteiger partial charge is 0.309 e. The fourth-order valence-electron chi connectivity index (χ4n) is 6.55. The minimum Gasteiger partial charge on any atom is -0.309 e. The molecule has 0 fully saturated rings. The lowest BCUT2D eigenvalue weighted by Crippen LogP contribution is -1.92. The zero-order valence-corrected chi connectivity index (χ0v) is 22.5. The summed E-state index contributed by atoms with van der Waals surface area (Å²) >= 11 is 1.89. The van der Waals surface area contributed by atoms with E-state index in [2.05, 4.69) is 144 Å². The van der Waals surface area contributed by atoms with Crippen LogP contribution >= 0.6 is 11.3 Å². The average Bonchev–Trinajstić information content (AvgIpc) is 3.55. The van der Waals surface area contributed by atoms with Gasteiger partial charge in [-0.3, -0.25) is 0 Å². The van der Waals surface area contributed by atoms with Crippen LogP contribution in [-0.2, 0) is 0 Å². The minimum absolute atomic E-state index is 1.18. The third-order valence-electron chi connectivity index (χ3n) is 8.36. The molecule has 2 heteroatoms. The second-order valence-corrected chi connectivity index (χ2v) is 11.6. The fourth-order valence-corrected chi connectivity index (χ4v) is 7.68. The molecule has 0 radical (unpaired) electrons. The third kappa shape index (κ3) is 3.08. The summed E-state index contributed by atoms with van der Waals surface area (Å²) in [6.07, 6.45) is 0. The van der Waals surface area contributed by atoms with E-state index in [9.17, 15) is 0 Å². The quantitative estimate of drug-likeness (QED) is 0.198. The molecule has 40 heavy (non-hydrogen) atoms. The van der Waals surface area contributed by atoms with E-state index in [0.717, 1.165) is 0 Å². The SMILES string of the molecule is c1ccc(-n2c3ccccc3c3cc(-c4cc5ccccc5c5cc6sc7ccccc7c6cc45)ccc32)cc1. The predicted molar refractivity (Wildman–Crippen MR) is 174 cm³/mol. The van der Waals surface area contributed by atoms with Crippen LogP contribution < -0.4 is 0 Å². The smallest absolute Gasteiger partial charge is 0.0541 e. The normalized spacial score (nSPS) is 12.0. The Morgan fingerprint density at radius 2 is 1.12 bits per heavy atom. The Morgan fingerprint density at radius 3 is 2.02 bits per heavy atom. The molecule has 0 unspecified atom stereocenters. The van der Waals surface area contributed by atoms with Crippen molar-refractivity contribution in [1.82, 2.24) is 4.57 Å². The van der Waals surface area contributed by atoms with Crippen molar-refractivity contribution in [3.05, 3.63) is 140 Å². The van der Waals surface area contributed by atoms with E-state index in [1.54, 1.807) is 0 Å². The third-order valence-corrected chi connectivity index (χ3v) is 9.49. The lowest BCUT2D eigenvalue weighted by Gasteiger charge is -2.13. The molecule has 2 aromatic heterocycles. The molecule has 0 amide bonds. The van der Waals surface area contributed by atoms with E-state index >= 15 is 0 Å². The molecule has 0 bridgehead atoms. The Hall–Kier alpha value is -4.92. The number of fused-ring (bicyclic) bond motifs is 9. The molecule has 0 N–H and O–H groups in total. The molecule has 1 nitrogen and oxygen atoms in total. The van der Waals surface area contributed by atoms with Gasteiger partial charge < -0.3 is 4.57 Å². The van der Waals surface area contributed by atoms with Gasteiger partial charge in [0.15, 0.2) is 0 Å². The molecule has 186 valence electrons. The highest BCUT2D eigenvalue weighted by Gasteiger charge is 2.16. The van der Waals surface area contributed by atoms with Crippen molar-refractivity contribution >= 4 is 74.9 Å². The lowest BCUT2D eigenvalue weighted by atomic mass is 9.91. The first kappa shape index (κ1) is 22.0. The fraction of sp³-hybridized carbons (Fsp3) is 0. The van der Waals surface area contributed by atoms with Crippen LogP contribution in [0, 0.1) is 0 Å². The van der Waals surface area contributed by atoms with Crippen LogP contribution in [0.15, 0.2) is 140 Å². The summed E-state index contributed by atoms with van der Waals surface area (Å²) < 4.78 is 5.07. The molecule has 0 saturated carbocycles. The van der Waals surface area contributed by atoms with Crippen LogP contribution in [-0.4, -0.2) is 4.57 Å². The topological polar surface area (TPSA) is 4.93 Å². The summed E-state index contributed by atoms with van der Waals surface area (Å²) in [5.74, 6) is 0. The van der Waals surface area contributed by atoms with Crippen LogP contribution in [0.4, 0.5) is 0 Å². The molecule has 0 aliphatic rings. The molecule has 0 atom stereocenters. The van der Waals surface area contributed by atoms with Crippen molar-refractivity contribution in [2.75, 3.05) is 0 Å². The van der Waals surface area contributed by atoms with Gasteiger partial charge in [0.1, 0.15) is 0 Å². The van der Waals surface area contributed by atoms with Gasteiger partial charge in [-0.2, -0.15) is 0 Å². The number of thiophene rings is 1. The van der Waals surface area contributed by atoms with Gasteiger partial charge in [-0.1, -0.05) is 84.9 Å². The summed E-state index contributed by atoms with van der Waals surface area (Å²) in [7, 11) is 0. The van der Waals surface area contributed by atoms with Gasteiger partial charge in [0.2, 0.25) is 0 Å². The van der Waals surface area contributed by atoms with Gasteiger partial charge >= 0.3 is 0 Å². The standard InChI is InChI=1S/C38H23NS/c1-2-11-26(12-3-1)39-35-16-8-6-14-28(35)33-21-25(18-19-36(33)39)30-20-24-10-4-5-13-27(24)32-23-38-34(22-31(30)32)29-15-7-9-17-37(29)40-38/h1-23H. The van der Waals surface area contributed by atoms with Gasteiger partial charge in [0.25, 0.3) is 0 Å². The van der Waals surface area contributed by atoms with Gasteiger partial charge in [0, 0.05) is 36.6 Å². The summed E-state index contributed by atoms with van der Waals surface area (Å²) in [6, 6.07) is 51.3. The van der Waals surface area contributed by atoms with E-state index in [-0.39, 0.29) is 0 Å². The van der Waals surface area contributed by atoms with E-state index < -0.39 is 0 Å². The first-order chi connectivity index (χ1) is 19.8. The monoisotopic (exact) mass is 525 g/mol. The Labute approximate surface area is 235 Å². The first-order valence-corrected chi connectivity index (χ1v) is 14.5. The molecular weight excluding hydrogens is 502 g/mol. The molecule has 0 aliphatic heterocycles. The summed E-state index contributed by atoms with van der Waals surface area (Å²) in [5, 5.41) is 10.4.